The van der Waals surface area contributed by atoms with Gasteiger partial charge in [0.15, 0.2) is 6.61 Å². The topological polar surface area (TPSA) is 50.4 Å². The molecule has 1 fully saturated rings. The average molecular weight is 288 g/mol. The minimum Gasteiger partial charge on any atom is -0.484 e. The summed E-state index contributed by atoms with van der Waals surface area (Å²) in [7, 11) is 0. The smallest absolute Gasteiger partial charge is 0.422 e. The lowest BCUT2D eigenvalue weighted by molar-refractivity contribution is -0.153. The molecule has 1 atom stereocenters. The maximum Gasteiger partial charge on any atom is 0.422 e. The summed E-state index contributed by atoms with van der Waals surface area (Å²) in [5.74, 6) is -0.164. The van der Waals surface area contributed by atoms with Crippen molar-refractivity contribution < 1.29 is 22.7 Å². The number of benzene rings is 1. The summed E-state index contributed by atoms with van der Waals surface area (Å²) < 4.78 is 40.8. The number of halogens is 3. The van der Waals surface area contributed by atoms with Crippen molar-refractivity contribution in [2.24, 2.45) is 5.92 Å². The molecule has 1 amide bonds. The van der Waals surface area contributed by atoms with E-state index < -0.39 is 12.8 Å². The number of carbonyl (C=O) groups excluding carboxylic acids is 1. The van der Waals surface area contributed by atoms with Gasteiger partial charge in [-0.2, -0.15) is 13.2 Å². The molecule has 2 N–H and O–H groups in total. The Labute approximate surface area is 114 Å². The zero-order valence-electron chi connectivity index (χ0n) is 10.7. The van der Waals surface area contributed by atoms with Crippen LogP contribution in [0.5, 0.6) is 5.75 Å². The van der Waals surface area contributed by atoms with Crippen LogP contribution in [0.25, 0.3) is 0 Å². The van der Waals surface area contributed by atoms with E-state index in [9.17, 15) is 18.0 Å². The van der Waals surface area contributed by atoms with E-state index >= 15 is 0 Å². The summed E-state index contributed by atoms with van der Waals surface area (Å²) in [4.78, 5) is 11.9. The van der Waals surface area contributed by atoms with Crippen molar-refractivity contribution in [2.45, 2.75) is 12.6 Å². The minimum atomic E-state index is -4.38. The lowest BCUT2D eigenvalue weighted by Crippen LogP contribution is -2.24. The third kappa shape index (κ3) is 4.41. The minimum absolute atomic E-state index is 0.0738. The molecule has 0 saturated carbocycles. The summed E-state index contributed by atoms with van der Waals surface area (Å²) in [6, 6.07) is 5.94. The van der Waals surface area contributed by atoms with E-state index in [1.807, 2.05) is 0 Å². The van der Waals surface area contributed by atoms with Crippen LogP contribution in [0.15, 0.2) is 24.3 Å². The van der Waals surface area contributed by atoms with Crippen LogP contribution in [0.3, 0.4) is 0 Å². The Morgan fingerprint density at radius 3 is 2.90 bits per heavy atom. The fourth-order valence-corrected chi connectivity index (χ4v) is 1.95. The number of amides is 1. The first kappa shape index (κ1) is 14.6. The van der Waals surface area contributed by atoms with Crippen LogP contribution < -0.4 is 15.4 Å². The predicted octanol–water partition coefficient (Wildman–Crippen LogP) is 2.18. The molecule has 0 aliphatic carbocycles. The first-order valence-corrected chi connectivity index (χ1v) is 6.25. The van der Waals surface area contributed by atoms with Crippen LogP contribution in [0, 0.1) is 5.92 Å². The van der Waals surface area contributed by atoms with Gasteiger partial charge in [-0.1, -0.05) is 6.07 Å². The maximum absolute atomic E-state index is 12.1. The molecule has 0 radical (unpaired) electrons. The number of hydrogen-bond donors (Lipinski definition) is 2. The number of nitrogens with one attached hydrogen (secondary N) is 2. The zero-order chi connectivity index (χ0) is 14.6. The molecule has 0 bridgehead atoms. The number of carbonyl (C=O) groups is 1. The van der Waals surface area contributed by atoms with Gasteiger partial charge in [0.1, 0.15) is 5.75 Å². The van der Waals surface area contributed by atoms with E-state index in [4.69, 9.17) is 0 Å². The van der Waals surface area contributed by atoms with Crippen molar-refractivity contribution in [3.8, 4) is 5.75 Å². The second-order valence-electron chi connectivity index (χ2n) is 4.61. The van der Waals surface area contributed by atoms with E-state index in [1.54, 1.807) is 6.07 Å². The van der Waals surface area contributed by atoms with Gasteiger partial charge in [0.25, 0.3) is 0 Å². The van der Waals surface area contributed by atoms with Crippen LogP contribution in [0.4, 0.5) is 18.9 Å². The third-order valence-corrected chi connectivity index (χ3v) is 2.94. The van der Waals surface area contributed by atoms with E-state index in [0.29, 0.717) is 12.2 Å². The monoisotopic (exact) mass is 288 g/mol. The van der Waals surface area contributed by atoms with Gasteiger partial charge in [-0.05, 0) is 25.1 Å². The molecule has 2 rings (SSSR count). The Morgan fingerprint density at radius 2 is 2.25 bits per heavy atom. The fourth-order valence-electron chi connectivity index (χ4n) is 1.95. The fraction of sp³-hybridized carbons (Fsp3) is 0.462. The van der Waals surface area contributed by atoms with Crippen LogP contribution in [0.2, 0.25) is 0 Å². The largest absolute Gasteiger partial charge is 0.484 e. The predicted molar refractivity (Wildman–Crippen MR) is 67.6 cm³/mol. The highest BCUT2D eigenvalue weighted by molar-refractivity contribution is 5.93. The molecule has 1 unspecified atom stereocenters. The number of hydrogen-bond acceptors (Lipinski definition) is 3. The van der Waals surface area contributed by atoms with Gasteiger partial charge in [0.05, 0.1) is 5.92 Å². The van der Waals surface area contributed by atoms with Crippen molar-refractivity contribution in [1.82, 2.24) is 5.32 Å². The molecule has 110 valence electrons. The van der Waals surface area contributed by atoms with Gasteiger partial charge < -0.3 is 15.4 Å². The average Bonchev–Trinajstić information content (AvgIpc) is 2.90. The van der Waals surface area contributed by atoms with Gasteiger partial charge in [-0.3, -0.25) is 4.79 Å². The summed E-state index contributed by atoms with van der Waals surface area (Å²) >= 11 is 0. The summed E-state index contributed by atoms with van der Waals surface area (Å²) in [5, 5.41) is 5.76. The van der Waals surface area contributed by atoms with Gasteiger partial charge in [-0.25, -0.2) is 0 Å². The van der Waals surface area contributed by atoms with Crippen molar-refractivity contribution in [3.05, 3.63) is 24.3 Å². The number of ether oxygens (including phenoxy) is 1. The standard InChI is InChI=1S/C13H15F3N2O2/c14-13(15,16)8-20-11-3-1-2-10(6-11)18-12(19)9-4-5-17-7-9/h1-3,6,9,17H,4-5,7-8H2,(H,18,19). The highest BCUT2D eigenvalue weighted by Crippen LogP contribution is 2.22. The number of anilines is 1. The van der Waals surface area contributed by atoms with E-state index in [0.717, 1.165) is 13.0 Å². The van der Waals surface area contributed by atoms with Crippen LogP contribution in [-0.2, 0) is 4.79 Å². The molecular weight excluding hydrogens is 273 g/mol. The van der Waals surface area contributed by atoms with Crippen molar-refractivity contribution >= 4 is 11.6 Å². The van der Waals surface area contributed by atoms with Crippen LogP contribution in [0.1, 0.15) is 6.42 Å². The van der Waals surface area contributed by atoms with Gasteiger partial charge in [-0.15, -0.1) is 0 Å². The molecule has 7 heteroatoms. The third-order valence-electron chi connectivity index (χ3n) is 2.94. The van der Waals surface area contributed by atoms with Crippen LogP contribution in [-0.4, -0.2) is 31.8 Å². The van der Waals surface area contributed by atoms with Crippen LogP contribution >= 0.6 is 0 Å². The Morgan fingerprint density at radius 1 is 1.45 bits per heavy atom. The molecule has 0 spiro atoms. The first-order valence-electron chi connectivity index (χ1n) is 6.25. The lowest BCUT2D eigenvalue weighted by atomic mass is 10.1. The molecule has 1 aliphatic heterocycles. The second-order valence-corrected chi connectivity index (χ2v) is 4.61. The normalized spacial score (nSPS) is 18.9. The number of alkyl halides is 3. The first-order chi connectivity index (χ1) is 9.44. The molecule has 1 heterocycles. The van der Waals surface area contributed by atoms with E-state index in [-0.39, 0.29) is 17.6 Å². The van der Waals surface area contributed by atoms with Gasteiger partial charge in [0, 0.05) is 18.3 Å². The van der Waals surface area contributed by atoms with Crippen molar-refractivity contribution in [2.75, 3.05) is 25.0 Å². The Balaban J connectivity index is 1.93. The van der Waals surface area contributed by atoms with Gasteiger partial charge in [0.2, 0.25) is 5.91 Å². The molecule has 1 aliphatic rings. The van der Waals surface area contributed by atoms with E-state index in [1.165, 1.54) is 18.2 Å². The number of rotatable bonds is 4. The molecule has 1 aromatic carbocycles. The Kier molecular flexibility index (Phi) is 4.49. The van der Waals surface area contributed by atoms with Crippen molar-refractivity contribution in [3.63, 3.8) is 0 Å². The molecular formula is C13H15F3N2O2. The Hall–Kier alpha value is -1.76. The molecule has 4 nitrogen and oxygen atoms in total. The quantitative estimate of drug-likeness (QED) is 0.893. The van der Waals surface area contributed by atoms with Gasteiger partial charge >= 0.3 is 6.18 Å². The SMILES string of the molecule is O=C(Nc1cccc(OCC(F)(F)F)c1)C1CCNC1. The van der Waals surface area contributed by atoms with E-state index in [2.05, 4.69) is 15.4 Å². The zero-order valence-corrected chi connectivity index (χ0v) is 10.7. The highest BCUT2D eigenvalue weighted by Gasteiger charge is 2.28. The molecule has 1 saturated heterocycles. The summed E-state index contributed by atoms with van der Waals surface area (Å²) in [6.45, 7) is 0.0693. The second kappa shape index (κ2) is 6.13. The summed E-state index contributed by atoms with van der Waals surface area (Å²) in [5.41, 5.74) is 0.432. The summed E-state index contributed by atoms with van der Waals surface area (Å²) in [6.07, 6.45) is -3.62. The molecule has 0 aromatic heterocycles. The van der Waals surface area contributed by atoms with Crippen molar-refractivity contribution in [1.29, 1.82) is 0 Å². The molecule has 20 heavy (non-hydrogen) atoms. The highest BCUT2D eigenvalue weighted by atomic mass is 19.4. The molecule has 1 aromatic rings. The Bertz CT molecular complexity index is 471. The lowest BCUT2D eigenvalue weighted by Gasteiger charge is -2.12. The maximum atomic E-state index is 12.1.